The van der Waals surface area contributed by atoms with Crippen molar-refractivity contribution in [2.24, 2.45) is 17.8 Å². The van der Waals surface area contributed by atoms with E-state index < -0.39 is 0 Å². The van der Waals surface area contributed by atoms with Crippen LogP contribution in [0.15, 0.2) is 24.3 Å². The first-order chi connectivity index (χ1) is 9.69. The van der Waals surface area contributed by atoms with E-state index in [4.69, 9.17) is 5.73 Å². The normalized spacial score (nSPS) is 35.1. The predicted molar refractivity (Wildman–Crippen MR) is 79.2 cm³/mol. The summed E-state index contributed by atoms with van der Waals surface area (Å²) in [6, 6.07) is 7.88. The van der Waals surface area contributed by atoms with Crippen LogP contribution in [0.3, 0.4) is 0 Å². The summed E-state index contributed by atoms with van der Waals surface area (Å²) in [5, 5.41) is 0. The molecule has 4 aliphatic rings. The highest BCUT2D eigenvalue weighted by Crippen LogP contribution is 2.47. The van der Waals surface area contributed by atoms with Crippen LogP contribution in [0.5, 0.6) is 0 Å². The molecule has 2 saturated heterocycles. The zero-order valence-electron chi connectivity index (χ0n) is 11.8. The number of fused-ring (bicyclic) bond motifs is 1. The van der Waals surface area contributed by atoms with Crippen molar-refractivity contribution in [3.63, 3.8) is 0 Å². The van der Waals surface area contributed by atoms with Crippen molar-refractivity contribution in [2.45, 2.75) is 38.1 Å². The first kappa shape index (κ1) is 12.2. The van der Waals surface area contributed by atoms with Gasteiger partial charge < -0.3 is 10.6 Å². The molecule has 1 amide bonds. The number of anilines is 1. The minimum Gasteiger partial charge on any atom is -0.399 e. The van der Waals surface area contributed by atoms with Crippen molar-refractivity contribution >= 4 is 11.6 Å². The molecule has 2 unspecified atom stereocenters. The third kappa shape index (κ3) is 2.00. The third-order valence-corrected chi connectivity index (χ3v) is 5.52. The lowest BCUT2D eigenvalue weighted by Gasteiger charge is -2.39. The molecule has 1 aromatic carbocycles. The minimum absolute atomic E-state index is 0.211. The summed E-state index contributed by atoms with van der Waals surface area (Å²) in [4.78, 5) is 15.0. The summed E-state index contributed by atoms with van der Waals surface area (Å²) in [6.07, 6.45) is 6.56. The molecule has 3 nitrogen and oxygen atoms in total. The first-order valence-electron chi connectivity index (χ1n) is 7.85. The Morgan fingerprint density at radius 3 is 2.20 bits per heavy atom. The number of amides is 1. The SMILES string of the molecule is Nc1ccc(C(=O)N2CC3CC4CC(C3)CC2C4)cc1. The van der Waals surface area contributed by atoms with Gasteiger partial charge in [0.25, 0.3) is 5.91 Å². The van der Waals surface area contributed by atoms with Crippen LogP contribution in [0.1, 0.15) is 42.5 Å². The summed E-state index contributed by atoms with van der Waals surface area (Å²) < 4.78 is 0. The Morgan fingerprint density at radius 2 is 1.55 bits per heavy atom. The monoisotopic (exact) mass is 270 g/mol. The van der Waals surface area contributed by atoms with E-state index in [1.165, 1.54) is 32.1 Å². The van der Waals surface area contributed by atoms with Crippen LogP contribution in [-0.4, -0.2) is 23.4 Å². The van der Waals surface area contributed by atoms with Crippen LogP contribution in [0.25, 0.3) is 0 Å². The molecule has 5 rings (SSSR count). The van der Waals surface area contributed by atoms with Crippen molar-refractivity contribution in [3.05, 3.63) is 29.8 Å². The molecule has 2 saturated carbocycles. The van der Waals surface area contributed by atoms with Gasteiger partial charge in [0, 0.05) is 23.8 Å². The highest BCUT2D eigenvalue weighted by Gasteiger charge is 2.44. The maximum absolute atomic E-state index is 12.8. The second-order valence-electron chi connectivity index (χ2n) is 7.01. The fourth-order valence-corrected chi connectivity index (χ4v) is 4.82. The molecule has 2 atom stereocenters. The Morgan fingerprint density at radius 1 is 0.950 bits per heavy atom. The van der Waals surface area contributed by atoms with Crippen LogP contribution in [-0.2, 0) is 0 Å². The Hall–Kier alpha value is -1.51. The van der Waals surface area contributed by atoms with Gasteiger partial charge in [-0.1, -0.05) is 0 Å². The second-order valence-corrected chi connectivity index (χ2v) is 7.01. The van der Waals surface area contributed by atoms with E-state index in [0.717, 1.165) is 35.5 Å². The van der Waals surface area contributed by atoms with Crippen molar-refractivity contribution in [1.82, 2.24) is 4.90 Å². The van der Waals surface area contributed by atoms with Gasteiger partial charge >= 0.3 is 0 Å². The molecular weight excluding hydrogens is 248 g/mol. The van der Waals surface area contributed by atoms with Crippen LogP contribution in [0, 0.1) is 17.8 Å². The molecule has 2 N–H and O–H groups in total. The molecular formula is C17H22N2O. The van der Waals surface area contributed by atoms with Crippen molar-refractivity contribution < 1.29 is 4.79 Å². The van der Waals surface area contributed by atoms with Gasteiger partial charge in [0.15, 0.2) is 0 Å². The zero-order chi connectivity index (χ0) is 13.7. The highest BCUT2D eigenvalue weighted by molar-refractivity contribution is 5.94. The molecule has 4 bridgehead atoms. The molecule has 20 heavy (non-hydrogen) atoms. The summed E-state index contributed by atoms with van der Waals surface area (Å²) >= 11 is 0. The number of carbonyl (C=O) groups is 1. The zero-order valence-corrected chi connectivity index (χ0v) is 11.8. The molecule has 0 aromatic heterocycles. The number of carbonyl (C=O) groups excluding carboxylic acids is 1. The average molecular weight is 270 g/mol. The topological polar surface area (TPSA) is 46.3 Å². The fourth-order valence-electron chi connectivity index (χ4n) is 4.82. The van der Waals surface area contributed by atoms with Crippen LogP contribution in [0.2, 0.25) is 0 Å². The summed E-state index contributed by atoms with van der Waals surface area (Å²) in [6.45, 7) is 0.973. The Labute approximate surface area is 120 Å². The number of nitrogens with two attached hydrogens (primary N) is 1. The molecule has 106 valence electrons. The van der Waals surface area contributed by atoms with Gasteiger partial charge in [-0.25, -0.2) is 0 Å². The van der Waals surface area contributed by atoms with Gasteiger partial charge in [0.1, 0.15) is 0 Å². The second kappa shape index (κ2) is 4.51. The van der Waals surface area contributed by atoms with E-state index in [1.807, 2.05) is 24.3 Å². The Bertz CT molecular complexity index is 510. The van der Waals surface area contributed by atoms with E-state index in [0.29, 0.717) is 6.04 Å². The quantitative estimate of drug-likeness (QED) is 0.798. The number of benzene rings is 1. The predicted octanol–water partition coefficient (Wildman–Crippen LogP) is 2.92. The van der Waals surface area contributed by atoms with Gasteiger partial charge in [0.05, 0.1) is 0 Å². The molecule has 3 heteroatoms. The Kier molecular flexibility index (Phi) is 2.76. The largest absolute Gasteiger partial charge is 0.399 e. The number of hydrogen-bond acceptors (Lipinski definition) is 2. The molecule has 2 heterocycles. The lowest BCUT2D eigenvalue weighted by molar-refractivity contribution is 0.0633. The van der Waals surface area contributed by atoms with E-state index in [2.05, 4.69) is 4.90 Å². The molecule has 0 spiro atoms. The summed E-state index contributed by atoms with van der Waals surface area (Å²) in [5.74, 6) is 2.70. The van der Waals surface area contributed by atoms with E-state index in [-0.39, 0.29) is 5.91 Å². The number of rotatable bonds is 1. The maximum Gasteiger partial charge on any atom is 0.254 e. The standard InChI is InChI=1S/C17H22N2O/c18-15-3-1-14(2-4-15)17(20)19-10-13-6-11-5-12(7-13)9-16(19)8-11/h1-4,11-13,16H,5-10,18H2. The van der Waals surface area contributed by atoms with E-state index >= 15 is 0 Å². The van der Waals surface area contributed by atoms with Gasteiger partial charge in [-0.3, -0.25) is 4.79 Å². The van der Waals surface area contributed by atoms with Gasteiger partial charge in [-0.2, -0.15) is 0 Å². The summed E-state index contributed by atoms with van der Waals surface area (Å²) in [7, 11) is 0. The van der Waals surface area contributed by atoms with Crippen molar-refractivity contribution in [1.29, 1.82) is 0 Å². The maximum atomic E-state index is 12.8. The number of hydrogen-bond donors (Lipinski definition) is 1. The Balaban J connectivity index is 1.61. The fraction of sp³-hybridized carbons (Fsp3) is 0.588. The minimum atomic E-state index is 0.211. The molecule has 1 aromatic rings. The lowest BCUT2D eigenvalue weighted by atomic mass is 9.68. The van der Waals surface area contributed by atoms with Crippen molar-refractivity contribution in [2.75, 3.05) is 12.3 Å². The smallest absolute Gasteiger partial charge is 0.254 e. The van der Waals surface area contributed by atoms with Crippen LogP contribution >= 0.6 is 0 Å². The third-order valence-electron chi connectivity index (χ3n) is 5.52. The molecule has 2 aliphatic heterocycles. The first-order valence-corrected chi connectivity index (χ1v) is 7.85. The van der Waals surface area contributed by atoms with Gasteiger partial charge in [-0.05, 0) is 74.1 Å². The van der Waals surface area contributed by atoms with Gasteiger partial charge in [-0.15, -0.1) is 0 Å². The van der Waals surface area contributed by atoms with E-state index in [1.54, 1.807) is 0 Å². The number of nitrogen functional groups attached to an aromatic ring is 1. The van der Waals surface area contributed by atoms with Gasteiger partial charge in [0.2, 0.25) is 0 Å². The number of nitrogens with zero attached hydrogens (tertiary/aromatic N) is 1. The molecule has 0 radical (unpaired) electrons. The highest BCUT2D eigenvalue weighted by atomic mass is 16.2. The lowest BCUT2D eigenvalue weighted by Crippen LogP contribution is -2.42. The van der Waals surface area contributed by atoms with Crippen LogP contribution < -0.4 is 5.73 Å². The summed E-state index contributed by atoms with van der Waals surface area (Å²) in [5.41, 5.74) is 7.23. The van der Waals surface area contributed by atoms with Crippen LogP contribution in [0.4, 0.5) is 5.69 Å². The molecule has 4 fully saturated rings. The van der Waals surface area contributed by atoms with Crippen molar-refractivity contribution in [3.8, 4) is 0 Å². The molecule has 2 aliphatic carbocycles. The van der Waals surface area contributed by atoms with E-state index in [9.17, 15) is 4.79 Å². The average Bonchev–Trinajstić information content (AvgIpc) is 2.63.